The van der Waals surface area contributed by atoms with E-state index in [1.54, 1.807) is 6.07 Å². The molecule has 0 saturated heterocycles. The topological polar surface area (TPSA) is 59.1 Å². The molecular formula is C8H10Cl2N2O2S. The molecular weight excluding hydrogens is 259 g/mol. The van der Waals surface area contributed by atoms with Gasteiger partial charge in [0.1, 0.15) is 15.7 Å². The second-order valence-electron chi connectivity index (χ2n) is 3.04. The lowest BCUT2D eigenvalue weighted by molar-refractivity contribution is 0.602. The van der Waals surface area contributed by atoms with E-state index in [-0.39, 0.29) is 12.3 Å². The van der Waals surface area contributed by atoms with Gasteiger partial charge in [0.05, 0.1) is 15.8 Å². The maximum atomic E-state index is 10.8. The first kappa shape index (κ1) is 12.5. The number of nitrogens with zero attached hydrogens (tertiary/aromatic N) is 1. The van der Waals surface area contributed by atoms with Crippen LogP contribution in [-0.4, -0.2) is 32.0 Å². The molecule has 0 radical (unpaired) electrons. The Morgan fingerprint density at radius 2 is 2.13 bits per heavy atom. The highest BCUT2D eigenvalue weighted by Crippen LogP contribution is 2.22. The predicted octanol–water partition coefficient (Wildman–Crippen LogP) is 1.84. The van der Waals surface area contributed by atoms with Gasteiger partial charge in [0.25, 0.3) is 0 Å². The minimum atomic E-state index is -2.97. The molecule has 0 fully saturated rings. The molecule has 0 amide bonds. The van der Waals surface area contributed by atoms with Crippen LogP contribution in [0.15, 0.2) is 12.3 Å². The van der Waals surface area contributed by atoms with Crippen LogP contribution in [0.5, 0.6) is 0 Å². The molecule has 7 heteroatoms. The van der Waals surface area contributed by atoms with Gasteiger partial charge < -0.3 is 5.32 Å². The summed E-state index contributed by atoms with van der Waals surface area (Å²) >= 11 is 11.5. The molecule has 0 bridgehead atoms. The quantitative estimate of drug-likeness (QED) is 0.906. The van der Waals surface area contributed by atoms with Crippen LogP contribution in [0.4, 0.5) is 5.82 Å². The number of hydrogen-bond acceptors (Lipinski definition) is 4. The van der Waals surface area contributed by atoms with Crippen molar-refractivity contribution in [2.24, 2.45) is 0 Å². The van der Waals surface area contributed by atoms with Gasteiger partial charge in [-0.2, -0.15) is 0 Å². The Balaban J connectivity index is 2.59. The third-order valence-electron chi connectivity index (χ3n) is 1.57. The number of anilines is 1. The molecule has 1 heterocycles. The molecule has 15 heavy (non-hydrogen) atoms. The molecule has 0 aliphatic rings. The van der Waals surface area contributed by atoms with Crippen LogP contribution in [0.3, 0.4) is 0 Å². The second-order valence-corrected chi connectivity index (χ2v) is 6.14. The van der Waals surface area contributed by atoms with Crippen molar-refractivity contribution in [2.75, 3.05) is 23.9 Å². The number of nitrogens with one attached hydrogen (secondary N) is 1. The van der Waals surface area contributed by atoms with Crippen LogP contribution in [0.25, 0.3) is 0 Å². The molecule has 0 aliphatic heterocycles. The number of sulfone groups is 1. The van der Waals surface area contributed by atoms with E-state index in [4.69, 9.17) is 23.2 Å². The van der Waals surface area contributed by atoms with Gasteiger partial charge in [0.15, 0.2) is 0 Å². The van der Waals surface area contributed by atoms with Crippen molar-refractivity contribution in [3.05, 3.63) is 22.3 Å². The first-order valence-corrected chi connectivity index (χ1v) is 6.93. The van der Waals surface area contributed by atoms with Crippen LogP contribution < -0.4 is 5.32 Å². The van der Waals surface area contributed by atoms with Crippen molar-refractivity contribution in [1.82, 2.24) is 4.98 Å². The number of pyridine rings is 1. The van der Waals surface area contributed by atoms with Crippen LogP contribution in [0, 0.1) is 0 Å². The predicted molar refractivity (Wildman–Crippen MR) is 62.5 cm³/mol. The minimum absolute atomic E-state index is 0.0354. The van der Waals surface area contributed by atoms with Crippen molar-refractivity contribution in [1.29, 1.82) is 0 Å². The molecule has 1 N–H and O–H groups in total. The van der Waals surface area contributed by atoms with E-state index in [0.29, 0.717) is 15.9 Å². The van der Waals surface area contributed by atoms with Crippen molar-refractivity contribution in [2.45, 2.75) is 0 Å². The van der Waals surface area contributed by atoms with Gasteiger partial charge in [-0.3, -0.25) is 0 Å². The Morgan fingerprint density at radius 1 is 1.47 bits per heavy atom. The highest BCUT2D eigenvalue weighted by atomic mass is 35.5. The van der Waals surface area contributed by atoms with E-state index >= 15 is 0 Å². The van der Waals surface area contributed by atoms with E-state index in [0.717, 1.165) is 0 Å². The fraction of sp³-hybridized carbons (Fsp3) is 0.375. The molecule has 0 aromatic carbocycles. The lowest BCUT2D eigenvalue weighted by Gasteiger charge is -2.06. The molecule has 0 aliphatic carbocycles. The van der Waals surface area contributed by atoms with Gasteiger partial charge in [-0.15, -0.1) is 0 Å². The maximum Gasteiger partial charge on any atom is 0.149 e. The highest BCUT2D eigenvalue weighted by Gasteiger charge is 2.04. The monoisotopic (exact) mass is 268 g/mol. The second kappa shape index (κ2) is 5.01. The third-order valence-corrected chi connectivity index (χ3v) is 3.01. The third kappa shape index (κ3) is 4.68. The summed E-state index contributed by atoms with van der Waals surface area (Å²) in [5.41, 5.74) is 0. The first-order chi connectivity index (χ1) is 6.88. The van der Waals surface area contributed by atoms with E-state index in [9.17, 15) is 8.42 Å². The van der Waals surface area contributed by atoms with Gasteiger partial charge in [0, 0.05) is 19.0 Å². The molecule has 84 valence electrons. The number of rotatable bonds is 4. The average Bonchev–Trinajstić information content (AvgIpc) is 2.07. The van der Waals surface area contributed by atoms with Gasteiger partial charge >= 0.3 is 0 Å². The standard InChI is InChI=1S/C8H10Cl2N2O2S/c1-15(13,14)3-2-11-8-7(10)4-6(9)5-12-8/h4-5H,2-3H2,1H3,(H,11,12). The van der Waals surface area contributed by atoms with E-state index in [1.165, 1.54) is 12.5 Å². The van der Waals surface area contributed by atoms with Crippen LogP contribution in [-0.2, 0) is 9.84 Å². The Morgan fingerprint density at radius 3 is 2.67 bits per heavy atom. The molecule has 1 aromatic rings. The maximum absolute atomic E-state index is 10.8. The largest absolute Gasteiger partial charge is 0.368 e. The normalized spacial score (nSPS) is 11.4. The van der Waals surface area contributed by atoms with E-state index < -0.39 is 9.84 Å². The molecule has 0 saturated carbocycles. The summed E-state index contributed by atoms with van der Waals surface area (Å²) in [4.78, 5) is 3.93. The fourth-order valence-corrected chi connectivity index (χ4v) is 1.82. The zero-order valence-corrected chi connectivity index (χ0v) is 10.3. The number of halogens is 2. The van der Waals surface area contributed by atoms with Crippen LogP contribution in [0.2, 0.25) is 10.0 Å². The number of hydrogen-bond donors (Lipinski definition) is 1. The smallest absolute Gasteiger partial charge is 0.149 e. The van der Waals surface area contributed by atoms with E-state index in [1.807, 2.05) is 0 Å². The van der Waals surface area contributed by atoms with Crippen molar-refractivity contribution < 1.29 is 8.42 Å². The average molecular weight is 269 g/mol. The Hall–Kier alpha value is -0.520. The summed E-state index contributed by atoms with van der Waals surface area (Å²) in [5.74, 6) is 0.470. The Bertz CT molecular complexity index is 448. The molecule has 0 spiro atoms. The summed E-state index contributed by atoms with van der Waals surface area (Å²) in [6, 6.07) is 1.54. The van der Waals surface area contributed by atoms with Gasteiger partial charge in [-0.1, -0.05) is 23.2 Å². The first-order valence-electron chi connectivity index (χ1n) is 4.11. The van der Waals surface area contributed by atoms with Crippen LogP contribution >= 0.6 is 23.2 Å². The SMILES string of the molecule is CS(=O)(=O)CCNc1ncc(Cl)cc1Cl. The molecule has 1 aromatic heterocycles. The highest BCUT2D eigenvalue weighted by molar-refractivity contribution is 7.90. The molecule has 0 atom stereocenters. The van der Waals surface area contributed by atoms with Gasteiger partial charge in [-0.05, 0) is 6.07 Å². The van der Waals surface area contributed by atoms with Crippen molar-refractivity contribution in [3.63, 3.8) is 0 Å². The molecule has 4 nitrogen and oxygen atoms in total. The zero-order chi connectivity index (χ0) is 11.5. The lowest BCUT2D eigenvalue weighted by atomic mass is 10.4. The molecule has 0 unspecified atom stereocenters. The Kier molecular flexibility index (Phi) is 4.19. The van der Waals surface area contributed by atoms with Crippen LogP contribution in [0.1, 0.15) is 0 Å². The number of aromatic nitrogens is 1. The molecule has 1 rings (SSSR count). The summed E-state index contributed by atoms with van der Waals surface area (Å²) < 4.78 is 21.7. The Labute approximate surface area is 98.5 Å². The summed E-state index contributed by atoms with van der Waals surface area (Å²) in [6.07, 6.45) is 2.61. The lowest BCUT2D eigenvalue weighted by Crippen LogP contribution is -2.14. The minimum Gasteiger partial charge on any atom is -0.368 e. The van der Waals surface area contributed by atoms with Gasteiger partial charge in [0.2, 0.25) is 0 Å². The van der Waals surface area contributed by atoms with E-state index in [2.05, 4.69) is 10.3 Å². The summed E-state index contributed by atoms with van der Waals surface area (Å²) in [6.45, 7) is 0.271. The summed E-state index contributed by atoms with van der Waals surface area (Å²) in [5, 5.41) is 3.63. The van der Waals surface area contributed by atoms with Gasteiger partial charge in [-0.25, -0.2) is 13.4 Å². The van der Waals surface area contributed by atoms with Crippen molar-refractivity contribution >= 4 is 38.9 Å². The zero-order valence-electron chi connectivity index (χ0n) is 8.00. The fourth-order valence-electron chi connectivity index (χ4n) is 0.899. The van der Waals surface area contributed by atoms with Crippen molar-refractivity contribution in [3.8, 4) is 0 Å². The summed E-state index contributed by atoms with van der Waals surface area (Å²) in [7, 11) is -2.97.